The average Bonchev–Trinajstić information content (AvgIpc) is 3.78. The molecule has 1 nitrogen and oxygen atoms in total. The number of rotatable bonds is 1. The van der Waals surface area contributed by atoms with Crippen molar-refractivity contribution in [3.8, 4) is 44.9 Å². The highest BCUT2D eigenvalue weighted by atomic mass is 16.5. The lowest BCUT2D eigenvalue weighted by Crippen LogP contribution is -2.43. The van der Waals surface area contributed by atoms with Crippen LogP contribution in [0.2, 0.25) is 0 Å². The Morgan fingerprint density at radius 2 is 1.06 bits per heavy atom. The fourth-order valence-corrected chi connectivity index (χ4v) is 12.3. The summed E-state index contributed by atoms with van der Waals surface area (Å²) in [5.41, 5.74) is 16.3. The molecule has 13 rings (SSSR count). The van der Waals surface area contributed by atoms with Gasteiger partial charge in [0.2, 0.25) is 0 Å². The van der Waals surface area contributed by atoms with Gasteiger partial charge in [-0.2, -0.15) is 0 Å². The monoisotopic (exact) mass is 602 g/mol. The molecule has 1 heterocycles. The van der Waals surface area contributed by atoms with Crippen LogP contribution in [0.25, 0.3) is 33.4 Å². The minimum atomic E-state index is -0.364. The maximum Gasteiger partial charge on any atom is 0.131 e. The van der Waals surface area contributed by atoms with E-state index in [1.165, 1.54) is 92.4 Å². The highest BCUT2D eigenvalue weighted by Gasteiger charge is 2.65. The van der Waals surface area contributed by atoms with Gasteiger partial charge in [-0.15, -0.1) is 0 Å². The first-order chi connectivity index (χ1) is 23.3. The van der Waals surface area contributed by atoms with Crippen LogP contribution in [0.4, 0.5) is 0 Å². The Bertz CT molecular complexity index is 2280. The van der Waals surface area contributed by atoms with Crippen LogP contribution in [-0.2, 0) is 10.8 Å². The molecule has 6 aromatic carbocycles. The van der Waals surface area contributed by atoms with Gasteiger partial charge < -0.3 is 4.74 Å². The van der Waals surface area contributed by atoms with E-state index in [1.54, 1.807) is 0 Å². The highest BCUT2D eigenvalue weighted by molar-refractivity contribution is 5.98. The molecule has 1 heteroatoms. The van der Waals surface area contributed by atoms with E-state index >= 15 is 0 Å². The molecule has 0 N–H and O–H groups in total. The van der Waals surface area contributed by atoms with E-state index in [0.29, 0.717) is 11.8 Å². The summed E-state index contributed by atoms with van der Waals surface area (Å²) in [5, 5.41) is 0. The number of hydrogen-bond donors (Lipinski definition) is 0. The van der Waals surface area contributed by atoms with Gasteiger partial charge in [0.1, 0.15) is 11.5 Å². The zero-order valence-electron chi connectivity index (χ0n) is 26.2. The Balaban J connectivity index is 1.16. The molecule has 1 aliphatic heterocycles. The van der Waals surface area contributed by atoms with E-state index in [2.05, 4.69) is 133 Å². The van der Waals surface area contributed by atoms with Crippen LogP contribution >= 0.6 is 0 Å². The molecule has 6 aliphatic carbocycles. The Morgan fingerprint density at radius 1 is 0.468 bits per heavy atom. The van der Waals surface area contributed by atoms with E-state index < -0.39 is 0 Å². The molecule has 4 bridgehead atoms. The zero-order chi connectivity index (χ0) is 30.5. The van der Waals surface area contributed by atoms with Crippen LogP contribution in [0.15, 0.2) is 133 Å². The topological polar surface area (TPSA) is 9.23 Å². The normalized spacial score (nSPS) is 26.8. The summed E-state index contributed by atoms with van der Waals surface area (Å²) in [7, 11) is 0. The molecule has 5 atom stereocenters. The predicted octanol–water partition coefficient (Wildman–Crippen LogP) is 11.2. The van der Waals surface area contributed by atoms with Crippen molar-refractivity contribution in [2.75, 3.05) is 0 Å². The van der Waals surface area contributed by atoms with Gasteiger partial charge in [-0.05, 0) is 123 Å². The van der Waals surface area contributed by atoms with Crippen molar-refractivity contribution < 1.29 is 4.74 Å². The summed E-state index contributed by atoms with van der Waals surface area (Å²) in [6.07, 6.45) is 5.52. The van der Waals surface area contributed by atoms with Gasteiger partial charge in [0.15, 0.2) is 0 Å². The van der Waals surface area contributed by atoms with Gasteiger partial charge in [0.25, 0.3) is 0 Å². The number of hydrogen-bond acceptors (Lipinski definition) is 1. The summed E-state index contributed by atoms with van der Waals surface area (Å²) in [6, 6.07) is 50.8. The second-order valence-corrected chi connectivity index (χ2v) is 15.2. The van der Waals surface area contributed by atoms with E-state index in [-0.39, 0.29) is 10.8 Å². The second kappa shape index (κ2) is 8.52. The summed E-state index contributed by atoms with van der Waals surface area (Å²) >= 11 is 0. The largest absolute Gasteiger partial charge is 0.457 e. The lowest BCUT2D eigenvalue weighted by atomic mass is 9.56. The third-order valence-electron chi connectivity index (χ3n) is 13.5. The second-order valence-electron chi connectivity index (χ2n) is 15.2. The molecule has 224 valence electrons. The molecule has 4 saturated carbocycles. The highest BCUT2D eigenvalue weighted by Crippen LogP contribution is 2.73. The average molecular weight is 603 g/mol. The standard InChI is InChI=1S/C46H34O/c1-4-15-36-32(10-1)33-11-2-5-16-37(33)46(36)38-17-6-3-12-34(38)35-14-9-13-31(44(35)46)28-20-21-43-41(26-28)45(39-18-7-8-19-42(39)47-43)30-23-27-22-29(25-30)40(45)24-27/h1-21,26-27,29-30,40H,22-25H2. The molecular formula is C46H34O. The smallest absolute Gasteiger partial charge is 0.131 e. The molecule has 0 radical (unpaired) electrons. The molecule has 2 spiro atoms. The number of fused-ring (bicyclic) bond motifs is 12. The van der Waals surface area contributed by atoms with Gasteiger partial charge in [-0.1, -0.05) is 115 Å². The van der Waals surface area contributed by atoms with Crippen LogP contribution in [0.3, 0.4) is 0 Å². The van der Waals surface area contributed by atoms with Gasteiger partial charge >= 0.3 is 0 Å². The summed E-state index contributed by atoms with van der Waals surface area (Å²) in [6.45, 7) is 0. The minimum Gasteiger partial charge on any atom is -0.457 e. The molecule has 4 fully saturated rings. The Kier molecular flexibility index (Phi) is 4.58. The summed E-state index contributed by atoms with van der Waals surface area (Å²) < 4.78 is 6.80. The first kappa shape index (κ1) is 25.2. The van der Waals surface area contributed by atoms with E-state index in [1.807, 2.05) is 0 Å². The molecule has 5 unspecified atom stereocenters. The van der Waals surface area contributed by atoms with Gasteiger partial charge in [-0.3, -0.25) is 0 Å². The number of para-hydroxylation sites is 1. The van der Waals surface area contributed by atoms with Crippen molar-refractivity contribution >= 4 is 0 Å². The minimum absolute atomic E-state index is 0.0447. The summed E-state index contributed by atoms with van der Waals surface area (Å²) in [4.78, 5) is 0. The first-order valence-electron chi connectivity index (χ1n) is 17.6. The van der Waals surface area contributed by atoms with Crippen LogP contribution in [-0.4, -0.2) is 0 Å². The Morgan fingerprint density at radius 3 is 1.79 bits per heavy atom. The zero-order valence-corrected chi connectivity index (χ0v) is 26.2. The first-order valence-corrected chi connectivity index (χ1v) is 17.6. The van der Waals surface area contributed by atoms with Crippen molar-refractivity contribution in [1.82, 2.24) is 0 Å². The molecular weight excluding hydrogens is 569 g/mol. The molecule has 0 amide bonds. The Hall–Kier alpha value is -4.88. The SMILES string of the molecule is c1ccc2c(c1)Oc1ccc(-c3cccc4c3C3(c5ccccc5-c5ccccc53)c3ccccc3-4)cc1C21C2CC3CC(C2)C1C3. The quantitative estimate of drug-likeness (QED) is 0.182. The van der Waals surface area contributed by atoms with Crippen molar-refractivity contribution in [3.63, 3.8) is 0 Å². The van der Waals surface area contributed by atoms with Crippen molar-refractivity contribution in [3.05, 3.63) is 167 Å². The van der Waals surface area contributed by atoms with Crippen LogP contribution in [0, 0.1) is 23.7 Å². The lowest BCUT2D eigenvalue weighted by Gasteiger charge is -2.49. The Labute approximate surface area is 275 Å². The maximum atomic E-state index is 6.80. The molecule has 7 aliphatic rings. The summed E-state index contributed by atoms with van der Waals surface area (Å²) in [5.74, 6) is 5.30. The molecule has 6 aromatic rings. The van der Waals surface area contributed by atoms with Gasteiger partial charge in [0, 0.05) is 16.5 Å². The van der Waals surface area contributed by atoms with Crippen LogP contribution in [0.5, 0.6) is 11.5 Å². The number of ether oxygens (including phenoxy) is 1. The van der Waals surface area contributed by atoms with Gasteiger partial charge in [-0.25, -0.2) is 0 Å². The van der Waals surface area contributed by atoms with Crippen LogP contribution in [0.1, 0.15) is 59.1 Å². The third kappa shape index (κ3) is 2.79. The fourth-order valence-electron chi connectivity index (χ4n) is 12.3. The van der Waals surface area contributed by atoms with Crippen molar-refractivity contribution in [1.29, 1.82) is 0 Å². The molecule has 0 aromatic heterocycles. The molecule has 0 saturated heterocycles. The lowest BCUT2D eigenvalue weighted by molar-refractivity contribution is 0.173. The fraction of sp³-hybridized carbons (Fsp3) is 0.217. The van der Waals surface area contributed by atoms with Crippen molar-refractivity contribution in [2.45, 2.75) is 36.5 Å². The van der Waals surface area contributed by atoms with E-state index in [0.717, 1.165) is 23.3 Å². The third-order valence-corrected chi connectivity index (χ3v) is 13.5. The maximum absolute atomic E-state index is 6.80. The van der Waals surface area contributed by atoms with E-state index in [9.17, 15) is 0 Å². The van der Waals surface area contributed by atoms with Crippen LogP contribution < -0.4 is 4.74 Å². The predicted molar refractivity (Wildman–Crippen MR) is 188 cm³/mol. The van der Waals surface area contributed by atoms with E-state index in [4.69, 9.17) is 4.74 Å². The van der Waals surface area contributed by atoms with Gasteiger partial charge in [0.05, 0.1) is 5.41 Å². The molecule has 47 heavy (non-hydrogen) atoms. The number of benzene rings is 6. The van der Waals surface area contributed by atoms with Crippen molar-refractivity contribution in [2.24, 2.45) is 23.7 Å².